The van der Waals surface area contributed by atoms with Gasteiger partial charge >= 0.3 is 0 Å². The number of allylic oxidation sites excluding steroid dienone is 1. The minimum absolute atomic E-state index is 0.0147. The quantitative estimate of drug-likeness (QED) is 0.508. The molecule has 3 aliphatic rings. The molecule has 1 aromatic rings. The normalized spacial score (nSPS) is 25.7. The molecule has 1 unspecified atom stereocenters. The second-order valence-corrected chi connectivity index (χ2v) is 9.36. The Morgan fingerprint density at radius 3 is 2.80 bits per heavy atom. The summed E-state index contributed by atoms with van der Waals surface area (Å²) in [5.74, 6) is 0.622. The summed E-state index contributed by atoms with van der Waals surface area (Å²) in [6.45, 7) is 0.408. The molecule has 2 fully saturated rings. The fraction of sp³-hybridized carbons (Fsp3) is 0.500. The number of ether oxygens (including phenoxy) is 2. The Balaban J connectivity index is 1.47. The van der Waals surface area contributed by atoms with Crippen LogP contribution in [-0.2, 0) is 25.5 Å². The second-order valence-electron chi connectivity index (χ2n) is 7.84. The van der Waals surface area contributed by atoms with Crippen LogP contribution in [0.4, 0.5) is 0 Å². The standard InChI is InChI=1S/C22H26N2O4S2/c1-27-22(28-2)16-11-30-12-24(16)21(26)20-19(18(29)10-23-20)17(25)9-13-7-14-5-3-4-6-15(14)8-13/h3-7,16,19-20,22-23H,8-12H2,1-2H3/t16-,19?,20-/m0/s1. The van der Waals surface area contributed by atoms with Crippen molar-refractivity contribution in [2.24, 2.45) is 5.92 Å². The highest BCUT2D eigenvalue weighted by Crippen LogP contribution is 2.31. The molecule has 160 valence electrons. The molecule has 1 amide bonds. The second kappa shape index (κ2) is 9.28. The summed E-state index contributed by atoms with van der Waals surface area (Å²) in [7, 11) is 3.14. The molecule has 0 saturated carbocycles. The molecule has 2 saturated heterocycles. The monoisotopic (exact) mass is 446 g/mol. The van der Waals surface area contributed by atoms with Crippen molar-refractivity contribution in [3.05, 3.63) is 41.0 Å². The number of ketones is 1. The summed E-state index contributed by atoms with van der Waals surface area (Å²) in [5.41, 5.74) is 3.49. The summed E-state index contributed by atoms with van der Waals surface area (Å²) in [6, 6.07) is 7.36. The van der Waals surface area contributed by atoms with Crippen LogP contribution in [0.3, 0.4) is 0 Å². The van der Waals surface area contributed by atoms with E-state index in [1.807, 2.05) is 12.1 Å². The van der Waals surface area contributed by atoms with E-state index in [-0.39, 0.29) is 17.7 Å². The molecule has 3 atom stereocenters. The van der Waals surface area contributed by atoms with E-state index in [1.165, 1.54) is 11.1 Å². The van der Waals surface area contributed by atoms with Crippen LogP contribution < -0.4 is 5.32 Å². The van der Waals surface area contributed by atoms with E-state index in [0.29, 0.717) is 23.7 Å². The maximum atomic E-state index is 13.4. The molecular weight excluding hydrogens is 420 g/mol. The molecule has 1 N–H and O–H groups in total. The minimum atomic E-state index is -0.620. The third-order valence-corrected chi connectivity index (χ3v) is 7.44. The zero-order chi connectivity index (χ0) is 21.3. The van der Waals surface area contributed by atoms with E-state index in [2.05, 4.69) is 23.5 Å². The largest absolute Gasteiger partial charge is 0.354 e. The van der Waals surface area contributed by atoms with Crippen molar-refractivity contribution >= 4 is 46.6 Å². The lowest BCUT2D eigenvalue weighted by Gasteiger charge is -2.32. The van der Waals surface area contributed by atoms with Crippen molar-refractivity contribution in [3.63, 3.8) is 0 Å². The highest BCUT2D eigenvalue weighted by Gasteiger charge is 2.46. The minimum Gasteiger partial charge on any atom is -0.354 e. The number of carbonyl (C=O) groups is 2. The topological polar surface area (TPSA) is 67.9 Å². The number of rotatable bonds is 7. The van der Waals surface area contributed by atoms with Crippen LogP contribution in [0.2, 0.25) is 0 Å². The van der Waals surface area contributed by atoms with E-state index >= 15 is 0 Å². The molecule has 30 heavy (non-hydrogen) atoms. The summed E-state index contributed by atoms with van der Waals surface area (Å²) in [5, 5.41) is 3.19. The SMILES string of the molecule is COC(OC)[C@@H]1CSCN1C(=O)[C@H]1NCC(=S)C1C(=O)CC1=Cc2ccccc2C1. The van der Waals surface area contributed by atoms with Gasteiger partial charge in [-0.1, -0.05) is 48.1 Å². The molecule has 6 nitrogen and oxygen atoms in total. The van der Waals surface area contributed by atoms with E-state index in [1.54, 1.807) is 30.9 Å². The first-order chi connectivity index (χ1) is 14.5. The maximum absolute atomic E-state index is 13.4. The van der Waals surface area contributed by atoms with Gasteiger partial charge in [-0.2, -0.15) is 0 Å². The molecule has 8 heteroatoms. The van der Waals surface area contributed by atoms with Crippen molar-refractivity contribution in [3.8, 4) is 0 Å². The van der Waals surface area contributed by atoms with Crippen molar-refractivity contribution in [1.29, 1.82) is 0 Å². The van der Waals surface area contributed by atoms with Crippen LogP contribution in [0.5, 0.6) is 0 Å². The zero-order valence-electron chi connectivity index (χ0n) is 17.1. The van der Waals surface area contributed by atoms with Crippen LogP contribution in [-0.4, -0.2) is 72.2 Å². The Labute approximate surface area is 186 Å². The van der Waals surface area contributed by atoms with E-state index in [9.17, 15) is 9.59 Å². The number of carbonyl (C=O) groups excluding carboxylic acids is 2. The van der Waals surface area contributed by atoms with Gasteiger partial charge in [-0.15, -0.1) is 11.8 Å². The number of hydrogen-bond donors (Lipinski definition) is 1. The lowest BCUT2D eigenvalue weighted by Crippen LogP contribution is -2.53. The van der Waals surface area contributed by atoms with Gasteiger partial charge in [0, 0.05) is 37.8 Å². The molecule has 2 aliphatic heterocycles. The smallest absolute Gasteiger partial charge is 0.241 e. The summed E-state index contributed by atoms with van der Waals surface area (Å²) in [6.07, 6.45) is 2.70. The number of thioether (sulfide) groups is 1. The lowest BCUT2D eigenvalue weighted by atomic mass is 9.90. The average Bonchev–Trinajstić information content (AvgIpc) is 3.46. The van der Waals surface area contributed by atoms with Gasteiger partial charge in [0.05, 0.1) is 17.8 Å². The number of nitrogens with zero attached hydrogens (tertiary/aromatic N) is 1. The Kier molecular flexibility index (Phi) is 6.69. The van der Waals surface area contributed by atoms with Gasteiger partial charge in [-0.05, 0) is 17.5 Å². The number of amides is 1. The highest BCUT2D eigenvalue weighted by molar-refractivity contribution is 7.99. The van der Waals surface area contributed by atoms with Gasteiger partial charge in [0.1, 0.15) is 11.8 Å². The predicted octanol–water partition coefficient (Wildman–Crippen LogP) is 2.06. The van der Waals surface area contributed by atoms with Gasteiger partial charge in [0.2, 0.25) is 5.91 Å². The summed E-state index contributed by atoms with van der Waals surface area (Å²) < 4.78 is 10.8. The number of benzene rings is 1. The van der Waals surface area contributed by atoms with Crippen molar-refractivity contribution in [1.82, 2.24) is 10.2 Å². The van der Waals surface area contributed by atoms with Gasteiger partial charge in [0.15, 0.2) is 6.29 Å². The molecule has 0 bridgehead atoms. The van der Waals surface area contributed by atoms with Crippen LogP contribution in [0.15, 0.2) is 29.8 Å². The fourth-order valence-corrected chi connectivity index (χ4v) is 6.07. The third kappa shape index (κ3) is 4.11. The van der Waals surface area contributed by atoms with E-state index in [0.717, 1.165) is 17.7 Å². The first kappa shape index (κ1) is 21.6. The fourth-order valence-electron chi connectivity index (χ4n) is 4.52. The number of Topliss-reactive ketones (excluding diaryl/α,β-unsaturated/α-hetero) is 1. The molecule has 2 heterocycles. The average molecular weight is 447 g/mol. The Bertz CT molecular complexity index is 884. The van der Waals surface area contributed by atoms with Crippen molar-refractivity contribution in [2.75, 3.05) is 32.4 Å². The Morgan fingerprint density at radius 1 is 1.30 bits per heavy atom. The number of hydrogen-bond acceptors (Lipinski definition) is 7. The summed E-state index contributed by atoms with van der Waals surface area (Å²) in [4.78, 5) is 29.0. The number of fused-ring (bicyclic) bond motifs is 1. The van der Waals surface area contributed by atoms with Crippen LogP contribution in [0.25, 0.3) is 6.08 Å². The molecule has 1 aliphatic carbocycles. The summed E-state index contributed by atoms with van der Waals surface area (Å²) >= 11 is 7.15. The van der Waals surface area contributed by atoms with Crippen LogP contribution in [0.1, 0.15) is 17.5 Å². The van der Waals surface area contributed by atoms with Crippen LogP contribution in [0, 0.1) is 5.92 Å². The molecule has 0 radical (unpaired) electrons. The zero-order valence-corrected chi connectivity index (χ0v) is 18.8. The van der Waals surface area contributed by atoms with E-state index in [4.69, 9.17) is 21.7 Å². The van der Waals surface area contributed by atoms with Crippen molar-refractivity contribution < 1.29 is 19.1 Å². The van der Waals surface area contributed by atoms with Gasteiger partial charge in [0.25, 0.3) is 0 Å². The third-order valence-electron chi connectivity index (χ3n) is 6.00. The van der Waals surface area contributed by atoms with Gasteiger partial charge in [-0.25, -0.2) is 0 Å². The lowest BCUT2D eigenvalue weighted by molar-refractivity contribution is -0.157. The maximum Gasteiger partial charge on any atom is 0.241 e. The van der Waals surface area contributed by atoms with Gasteiger partial charge < -0.3 is 19.7 Å². The first-order valence-electron chi connectivity index (χ1n) is 10.0. The predicted molar refractivity (Wildman–Crippen MR) is 121 cm³/mol. The molecule has 1 aromatic carbocycles. The van der Waals surface area contributed by atoms with Gasteiger partial charge in [-0.3, -0.25) is 9.59 Å². The van der Waals surface area contributed by atoms with Crippen LogP contribution >= 0.6 is 24.0 Å². The molecule has 0 aromatic heterocycles. The highest BCUT2D eigenvalue weighted by atomic mass is 32.2. The molecular formula is C22H26N2O4S2. The van der Waals surface area contributed by atoms with Crippen molar-refractivity contribution in [2.45, 2.75) is 31.2 Å². The number of thiocarbonyl (C=S) groups is 1. The Hall–Kier alpha value is -1.58. The molecule has 4 rings (SSSR count). The first-order valence-corrected chi connectivity index (χ1v) is 11.6. The molecule has 0 spiro atoms. The Morgan fingerprint density at radius 2 is 2.07 bits per heavy atom. The number of methoxy groups -OCH3 is 2. The number of nitrogens with one attached hydrogen (secondary N) is 1. The van der Waals surface area contributed by atoms with E-state index < -0.39 is 18.2 Å².